The Labute approximate surface area is 144 Å². The van der Waals surface area contributed by atoms with E-state index in [1.165, 1.54) is 4.88 Å². The molecular formula is C17H20N4O2S. The van der Waals surface area contributed by atoms with Gasteiger partial charge >= 0.3 is 6.03 Å². The molecule has 126 valence electrons. The Kier molecular flexibility index (Phi) is 4.80. The van der Waals surface area contributed by atoms with Crippen molar-refractivity contribution in [2.75, 3.05) is 18.4 Å². The molecule has 1 aliphatic rings. The van der Waals surface area contributed by atoms with Gasteiger partial charge in [0.25, 0.3) is 0 Å². The highest BCUT2D eigenvalue weighted by Crippen LogP contribution is 2.31. The minimum absolute atomic E-state index is 0.219. The Balaban J connectivity index is 1.76. The number of carbonyl (C=O) groups is 2. The van der Waals surface area contributed by atoms with Crippen molar-refractivity contribution >= 4 is 29.0 Å². The summed E-state index contributed by atoms with van der Waals surface area (Å²) in [4.78, 5) is 32.2. The second kappa shape index (κ2) is 7.00. The average molecular weight is 344 g/mol. The molecule has 0 bridgehead atoms. The first-order chi connectivity index (χ1) is 11.5. The number of aromatic nitrogens is 1. The van der Waals surface area contributed by atoms with Crippen LogP contribution in [0.25, 0.3) is 10.6 Å². The third-order valence-electron chi connectivity index (χ3n) is 4.13. The molecule has 0 aromatic carbocycles. The number of piperidine rings is 1. The van der Waals surface area contributed by atoms with Gasteiger partial charge in [-0.1, -0.05) is 0 Å². The zero-order chi connectivity index (χ0) is 17.1. The number of anilines is 1. The number of hydrogen-bond donors (Lipinski definition) is 2. The lowest BCUT2D eigenvalue weighted by atomic mass is 9.98. The second-order valence-corrected chi connectivity index (χ2v) is 7.22. The number of nitrogens with two attached hydrogens (primary N) is 1. The predicted octanol–water partition coefficient (Wildman–Crippen LogP) is 2.85. The molecule has 6 nitrogen and oxygen atoms in total. The predicted molar refractivity (Wildman–Crippen MR) is 94.8 cm³/mol. The first-order valence-corrected chi connectivity index (χ1v) is 8.73. The van der Waals surface area contributed by atoms with E-state index < -0.39 is 0 Å². The number of nitrogens with zero attached hydrogens (tertiary/aromatic N) is 2. The minimum atomic E-state index is -0.344. The molecule has 2 aromatic heterocycles. The lowest BCUT2D eigenvalue weighted by Gasteiger charge is -2.31. The van der Waals surface area contributed by atoms with E-state index in [2.05, 4.69) is 10.3 Å². The van der Waals surface area contributed by atoms with Crippen LogP contribution in [0.15, 0.2) is 30.5 Å². The fourth-order valence-electron chi connectivity index (χ4n) is 2.85. The summed E-state index contributed by atoms with van der Waals surface area (Å²) in [6, 6.07) is 7.44. The van der Waals surface area contributed by atoms with Crippen molar-refractivity contribution < 1.29 is 9.59 Å². The number of aryl methyl sites for hydroxylation is 1. The molecule has 7 heteroatoms. The molecule has 24 heavy (non-hydrogen) atoms. The van der Waals surface area contributed by atoms with Crippen molar-refractivity contribution in [1.82, 2.24) is 9.88 Å². The molecule has 1 saturated heterocycles. The van der Waals surface area contributed by atoms with Gasteiger partial charge in [-0.15, -0.1) is 11.3 Å². The number of urea groups is 1. The van der Waals surface area contributed by atoms with Gasteiger partial charge in [-0.05, 0) is 44.0 Å². The number of thiophene rings is 1. The number of nitrogens with one attached hydrogen (secondary N) is 1. The van der Waals surface area contributed by atoms with Gasteiger partial charge in [-0.2, -0.15) is 0 Å². The molecule has 0 radical (unpaired) electrons. The number of pyridine rings is 1. The topological polar surface area (TPSA) is 88.3 Å². The van der Waals surface area contributed by atoms with E-state index in [0.29, 0.717) is 18.8 Å². The minimum Gasteiger partial charge on any atom is -0.369 e. The summed E-state index contributed by atoms with van der Waals surface area (Å²) in [6.07, 6.45) is 3.24. The Morgan fingerprint density at radius 2 is 2.21 bits per heavy atom. The van der Waals surface area contributed by atoms with Gasteiger partial charge in [0.1, 0.15) is 5.69 Å². The highest BCUT2D eigenvalue weighted by Gasteiger charge is 2.27. The maximum absolute atomic E-state index is 12.6. The molecule has 3 N–H and O–H groups in total. The number of primary amides is 1. The van der Waals surface area contributed by atoms with E-state index in [0.717, 1.165) is 23.4 Å². The van der Waals surface area contributed by atoms with Crippen LogP contribution in [0, 0.1) is 12.8 Å². The normalized spacial score (nSPS) is 17.5. The Morgan fingerprint density at radius 3 is 2.92 bits per heavy atom. The summed E-state index contributed by atoms with van der Waals surface area (Å²) in [7, 11) is 0. The van der Waals surface area contributed by atoms with Gasteiger partial charge in [-0.3, -0.25) is 9.78 Å². The van der Waals surface area contributed by atoms with E-state index in [1.54, 1.807) is 28.5 Å². The molecule has 0 unspecified atom stereocenters. The van der Waals surface area contributed by atoms with Crippen LogP contribution < -0.4 is 11.1 Å². The number of likely N-dealkylation sites (tertiary alicyclic amines) is 1. The van der Waals surface area contributed by atoms with Crippen LogP contribution in [0.2, 0.25) is 0 Å². The van der Waals surface area contributed by atoms with Gasteiger partial charge in [0.2, 0.25) is 5.91 Å². The molecule has 1 atom stereocenters. The average Bonchev–Trinajstić information content (AvgIpc) is 3.01. The zero-order valence-corrected chi connectivity index (χ0v) is 14.3. The molecular weight excluding hydrogens is 324 g/mol. The number of carbonyl (C=O) groups excluding carboxylic acids is 2. The lowest BCUT2D eigenvalue weighted by Crippen LogP contribution is -2.45. The van der Waals surface area contributed by atoms with Crippen molar-refractivity contribution in [2.45, 2.75) is 19.8 Å². The maximum Gasteiger partial charge on any atom is 0.321 e. The lowest BCUT2D eigenvalue weighted by molar-refractivity contribution is -0.123. The van der Waals surface area contributed by atoms with Crippen molar-refractivity contribution in [3.63, 3.8) is 0 Å². The summed E-state index contributed by atoms with van der Waals surface area (Å²) in [5.74, 6) is -0.610. The van der Waals surface area contributed by atoms with Crippen molar-refractivity contribution in [2.24, 2.45) is 11.7 Å². The fourth-order valence-corrected chi connectivity index (χ4v) is 3.73. The molecule has 3 amide bonds. The van der Waals surface area contributed by atoms with Gasteiger partial charge in [-0.25, -0.2) is 4.79 Å². The van der Waals surface area contributed by atoms with E-state index in [9.17, 15) is 9.59 Å². The van der Waals surface area contributed by atoms with E-state index in [1.807, 2.05) is 25.1 Å². The Bertz CT molecular complexity index is 759. The number of rotatable bonds is 3. The van der Waals surface area contributed by atoms with Crippen LogP contribution in [-0.2, 0) is 4.79 Å². The Morgan fingerprint density at radius 1 is 1.38 bits per heavy atom. The van der Waals surface area contributed by atoms with Crippen LogP contribution in [0.4, 0.5) is 10.5 Å². The van der Waals surface area contributed by atoms with Gasteiger partial charge in [0.15, 0.2) is 0 Å². The largest absolute Gasteiger partial charge is 0.369 e. The van der Waals surface area contributed by atoms with Crippen molar-refractivity contribution in [1.29, 1.82) is 0 Å². The summed E-state index contributed by atoms with van der Waals surface area (Å²) < 4.78 is 0. The van der Waals surface area contributed by atoms with Crippen LogP contribution in [0.3, 0.4) is 0 Å². The van der Waals surface area contributed by atoms with E-state index >= 15 is 0 Å². The van der Waals surface area contributed by atoms with Gasteiger partial charge in [0.05, 0.1) is 16.5 Å². The SMILES string of the molecule is Cc1ccc(-c2ncccc2NC(=O)N2CCC[C@@H](C(N)=O)C2)s1. The quantitative estimate of drug-likeness (QED) is 0.897. The number of amides is 3. The van der Waals surface area contributed by atoms with Crippen molar-refractivity contribution in [3.8, 4) is 10.6 Å². The monoisotopic (exact) mass is 344 g/mol. The third-order valence-corrected chi connectivity index (χ3v) is 5.14. The summed E-state index contributed by atoms with van der Waals surface area (Å²) >= 11 is 1.63. The number of hydrogen-bond acceptors (Lipinski definition) is 4. The molecule has 1 aliphatic heterocycles. The molecule has 0 spiro atoms. The second-order valence-electron chi connectivity index (χ2n) is 5.93. The van der Waals surface area contributed by atoms with Gasteiger partial charge < -0.3 is 16.0 Å². The van der Waals surface area contributed by atoms with Crippen LogP contribution in [-0.4, -0.2) is 34.9 Å². The molecule has 0 saturated carbocycles. The summed E-state index contributed by atoms with van der Waals surface area (Å²) in [6.45, 7) is 3.03. The first kappa shape index (κ1) is 16.4. The van der Waals surface area contributed by atoms with Crippen molar-refractivity contribution in [3.05, 3.63) is 35.3 Å². The summed E-state index contributed by atoms with van der Waals surface area (Å²) in [5.41, 5.74) is 6.81. The van der Waals surface area contributed by atoms with Crippen LogP contribution in [0.1, 0.15) is 17.7 Å². The highest BCUT2D eigenvalue weighted by molar-refractivity contribution is 7.15. The fraction of sp³-hybridized carbons (Fsp3) is 0.353. The maximum atomic E-state index is 12.6. The van der Waals surface area contributed by atoms with E-state index in [-0.39, 0.29) is 17.9 Å². The van der Waals surface area contributed by atoms with E-state index in [4.69, 9.17) is 5.73 Å². The Hall–Kier alpha value is -2.41. The zero-order valence-electron chi connectivity index (χ0n) is 13.5. The standard InChI is InChI=1S/C17H20N4O2S/c1-11-6-7-14(24-11)15-13(5-2-8-19-15)20-17(23)21-9-3-4-12(10-21)16(18)22/h2,5-8,12H,3-4,9-10H2,1H3,(H2,18,22)(H,20,23)/t12-/m1/s1. The van der Waals surface area contributed by atoms with Gasteiger partial charge in [0, 0.05) is 24.2 Å². The molecule has 3 heterocycles. The molecule has 3 rings (SSSR count). The first-order valence-electron chi connectivity index (χ1n) is 7.91. The summed E-state index contributed by atoms with van der Waals surface area (Å²) in [5, 5.41) is 2.93. The molecule has 2 aromatic rings. The van der Waals surface area contributed by atoms with Crippen LogP contribution in [0.5, 0.6) is 0 Å². The third kappa shape index (κ3) is 3.56. The molecule has 1 fully saturated rings. The smallest absolute Gasteiger partial charge is 0.321 e. The highest BCUT2D eigenvalue weighted by atomic mass is 32.1. The molecule has 0 aliphatic carbocycles. The van der Waals surface area contributed by atoms with Crippen LogP contribution >= 0.6 is 11.3 Å².